The number of nitriles is 2. The largest absolute Gasteiger partial charge is 0.490 e. The van der Waals surface area contributed by atoms with E-state index < -0.39 is 5.91 Å². The molecule has 0 aromatic heterocycles. The number of nitrogens with one attached hydrogen (secondary N) is 1. The molecule has 0 spiro atoms. The van der Waals surface area contributed by atoms with Gasteiger partial charge in [-0.05, 0) is 77.9 Å². The maximum Gasteiger partial charge on any atom is 0.266 e. The van der Waals surface area contributed by atoms with Gasteiger partial charge in [0.1, 0.15) is 17.7 Å². The molecule has 0 saturated heterocycles. The summed E-state index contributed by atoms with van der Waals surface area (Å²) in [6.07, 6.45) is 1.46. The van der Waals surface area contributed by atoms with Crippen LogP contribution >= 0.6 is 34.2 Å². The number of halogens is 2. The minimum atomic E-state index is -0.551. The van der Waals surface area contributed by atoms with E-state index in [1.165, 1.54) is 6.08 Å². The maximum absolute atomic E-state index is 12.5. The van der Waals surface area contributed by atoms with Gasteiger partial charge in [0.25, 0.3) is 5.91 Å². The van der Waals surface area contributed by atoms with Crippen molar-refractivity contribution in [3.05, 3.63) is 55.6 Å². The number of benzene rings is 2. The number of aryl methyl sites for hydroxylation is 1. The first kappa shape index (κ1) is 22.5. The van der Waals surface area contributed by atoms with Gasteiger partial charge in [0.15, 0.2) is 18.1 Å². The van der Waals surface area contributed by atoms with Gasteiger partial charge in [-0.25, -0.2) is 0 Å². The average molecular weight is 522 g/mol. The standard InChI is InChI=1S/C21H17ClIN3O3/c1-3-28-19-10-14(9-18(23)20(19)29-7-6-24)8-15(12-25)21(27)26-16-5-4-13(2)17(22)11-16/h4-5,8-11H,3,7H2,1-2H3,(H,26,27)/b15-8-. The summed E-state index contributed by atoms with van der Waals surface area (Å²) in [4.78, 5) is 12.5. The molecular weight excluding hydrogens is 505 g/mol. The molecule has 2 aromatic rings. The van der Waals surface area contributed by atoms with Gasteiger partial charge < -0.3 is 14.8 Å². The zero-order chi connectivity index (χ0) is 21.4. The predicted molar refractivity (Wildman–Crippen MR) is 120 cm³/mol. The first-order valence-electron chi connectivity index (χ1n) is 8.55. The molecule has 0 aliphatic carbocycles. The van der Waals surface area contributed by atoms with Crippen molar-refractivity contribution in [1.82, 2.24) is 0 Å². The van der Waals surface area contributed by atoms with Crippen LogP contribution in [-0.4, -0.2) is 19.1 Å². The predicted octanol–water partition coefficient (Wildman–Crippen LogP) is 5.10. The molecule has 0 atom stereocenters. The van der Waals surface area contributed by atoms with E-state index in [4.69, 9.17) is 26.3 Å². The van der Waals surface area contributed by atoms with Crippen molar-refractivity contribution in [2.75, 3.05) is 18.5 Å². The van der Waals surface area contributed by atoms with E-state index in [0.29, 0.717) is 37.9 Å². The minimum Gasteiger partial charge on any atom is -0.490 e. The zero-order valence-corrected chi connectivity index (χ0v) is 18.7. The fourth-order valence-corrected chi connectivity index (χ4v) is 3.32. The summed E-state index contributed by atoms with van der Waals surface area (Å²) in [5.41, 5.74) is 1.90. The van der Waals surface area contributed by atoms with Crippen molar-refractivity contribution in [2.24, 2.45) is 0 Å². The van der Waals surface area contributed by atoms with Crippen molar-refractivity contribution in [3.8, 4) is 23.6 Å². The molecule has 148 valence electrons. The molecule has 29 heavy (non-hydrogen) atoms. The normalized spacial score (nSPS) is 10.6. The maximum atomic E-state index is 12.5. The number of ether oxygens (including phenoxy) is 2. The third-order valence-corrected chi connectivity index (χ3v) is 4.93. The molecule has 8 heteroatoms. The Kier molecular flexibility index (Phi) is 8.32. The first-order valence-corrected chi connectivity index (χ1v) is 10.0. The van der Waals surface area contributed by atoms with Crippen LogP contribution in [0.3, 0.4) is 0 Å². The van der Waals surface area contributed by atoms with E-state index >= 15 is 0 Å². The quantitative estimate of drug-likeness (QED) is 0.311. The molecule has 6 nitrogen and oxygen atoms in total. The third kappa shape index (κ3) is 6.11. The zero-order valence-electron chi connectivity index (χ0n) is 15.8. The highest BCUT2D eigenvalue weighted by Gasteiger charge is 2.14. The highest BCUT2D eigenvalue weighted by atomic mass is 127. The molecule has 0 bridgehead atoms. The summed E-state index contributed by atoms with van der Waals surface area (Å²) >= 11 is 8.13. The fraction of sp³-hybridized carbons (Fsp3) is 0.190. The Morgan fingerprint density at radius 3 is 2.66 bits per heavy atom. The van der Waals surface area contributed by atoms with Gasteiger partial charge in [0.2, 0.25) is 0 Å². The molecule has 0 unspecified atom stereocenters. The average Bonchev–Trinajstić information content (AvgIpc) is 2.68. The third-order valence-electron chi connectivity index (χ3n) is 3.72. The second-order valence-electron chi connectivity index (χ2n) is 5.80. The van der Waals surface area contributed by atoms with Crippen LogP contribution in [0, 0.1) is 33.2 Å². The summed E-state index contributed by atoms with van der Waals surface area (Å²) in [6, 6.07) is 12.4. The van der Waals surface area contributed by atoms with E-state index in [0.717, 1.165) is 5.56 Å². The van der Waals surface area contributed by atoms with Gasteiger partial charge in [-0.15, -0.1) is 0 Å². The lowest BCUT2D eigenvalue weighted by Gasteiger charge is -2.13. The Morgan fingerprint density at radius 2 is 2.03 bits per heavy atom. The van der Waals surface area contributed by atoms with Gasteiger partial charge in [-0.1, -0.05) is 17.7 Å². The summed E-state index contributed by atoms with van der Waals surface area (Å²) < 4.78 is 11.7. The number of anilines is 1. The summed E-state index contributed by atoms with van der Waals surface area (Å²) in [5, 5.41) is 21.4. The van der Waals surface area contributed by atoms with Gasteiger partial charge in [0, 0.05) is 10.7 Å². The van der Waals surface area contributed by atoms with Crippen LogP contribution in [0.25, 0.3) is 6.08 Å². The number of carbonyl (C=O) groups excluding carboxylic acids is 1. The Bertz CT molecular complexity index is 1040. The lowest BCUT2D eigenvalue weighted by molar-refractivity contribution is -0.112. The lowest BCUT2D eigenvalue weighted by atomic mass is 10.1. The Hall–Kier alpha value is -2.75. The molecule has 0 radical (unpaired) electrons. The highest BCUT2D eigenvalue weighted by Crippen LogP contribution is 2.35. The molecule has 0 aliphatic heterocycles. The van der Waals surface area contributed by atoms with Crippen LogP contribution in [-0.2, 0) is 4.79 Å². The van der Waals surface area contributed by atoms with Gasteiger partial charge >= 0.3 is 0 Å². The molecule has 0 fully saturated rings. The monoisotopic (exact) mass is 521 g/mol. The van der Waals surface area contributed by atoms with Crippen LogP contribution in [0.1, 0.15) is 18.1 Å². The number of hydrogen-bond donors (Lipinski definition) is 1. The molecule has 2 rings (SSSR count). The van der Waals surface area contributed by atoms with Crippen LogP contribution in [0.5, 0.6) is 11.5 Å². The van der Waals surface area contributed by atoms with E-state index in [2.05, 4.69) is 27.9 Å². The number of carbonyl (C=O) groups is 1. The van der Waals surface area contributed by atoms with Crippen molar-refractivity contribution in [2.45, 2.75) is 13.8 Å². The van der Waals surface area contributed by atoms with Crippen molar-refractivity contribution >= 4 is 51.9 Å². The molecule has 2 aromatic carbocycles. The van der Waals surface area contributed by atoms with Crippen molar-refractivity contribution < 1.29 is 14.3 Å². The minimum absolute atomic E-state index is 0.0781. The number of nitrogens with zero attached hydrogens (tertiary/aromatic N) is 2. The molecule has 0 aliphatic rings. The van der Waals surface area contributed by atoms with Gasteiger partial charge in [-0.2, -0.15) is 10.5 Å². The molecule has 1 amide bonds. The van der Waals surface area contributed by atoms with Crippen molar-refractivity contribution in [1.29, 1.82) is 10.5 Å². The second kappa shape index (κ2) is 10.7. The highest BCUT2D eigenvalue weighted by molar-refractivity contribution is 14.1. The molecule has 0 saturated carbocycles. The van der Waals surface area contributed by atoms with Gasteiger partial charge in [0.05, 0.1) is 10.2 Å². The SMILES string of the molecule is CCOc1cc(/C=C(/C#N)C(=O)Nc2ccc(C)c(Cl)c2)cc(I)c1OCC#N. The summed E-state index contributed by atoms with van der Waals surface area (Å²) in [7, 11) is 0. The number of hydrogen-bond acceptors (Lipinski definition) is 5. The number of amides is 1. The van der Waals surface area contributed by atoms with Crippen LogP contribution in [0.4, 0.5) is 5.69 Å². The first-order chi connectivity index (χ1) is 13.9. The fourth-order valence-electron chi connectivity index (χ4n) is 2.36. The Morgan fingerprint density at radius 1 is 1.28 bits per heavy atom. The van der Waals surface area contributed by atoms with E-state index in [-0.39, 0.29) is 12.2 Å². The van der Waals surface area contributed by atoms with Crippen LogP contribution < -0.4 is 14.8 Å². The topological polar surface area (TPSA) is 95.1 Å². The smallest absolute Gasteiger partial charge is 0.266 e. The van der Waals surface area contributed by atoms with Gasteiger partial charge in [-0.3, -0.25) is 4.79 Å². The summed E-state index contributed by atoms with van der Waals surface area (Å²) in [6.45, 7) is 3.96. The molecule has 0 heterocycles. The molecule has 1 N–H and O–H groups in total. The summed E-state index contributed by atoms with van der Waals surface area (Å²) in [5.74, 6) is 0.331. The van der Waals surface area contributed by atoms with Crippen LogP contribution in [0.15, 0.2) is 35.9 Å². The second-order valence-corrected chi connectivity index (χ2v) is 7.37. The Balaban J connectivity index is 2.33. The van der Waals surface area contributed by atoms with E-state index in [1.807, 2.05) is 26.0 Å². The lowest BCUT2D eigenvalue weighted by Crippen LogP contribution is -2.13. The molecular formula is C21H17ClIN3O3. The number of rotatable bonds is 7. The van der Waals surface area contributed by atoms with E-state index in [9.17, 15) is 10.1 Å². The Labute approximate surface area is 187 Å². The van der Waals surface area contributed by atoms with E-state index in [1.54, 1.807) is 30.3 Å². The van der Waals surface area contributed by atoms with Crippen molar-refractivity contribution in [3.63, 3.8) is 0 Å². The van der Waals surface area contributed by atoms with Crippen LogP contribution in [0.2, 0.25) is 5.02 Å².